The van der Waals surface area contributed by atoms with Gasteiger partial charge in [-0.3, -0.25) is 4.79 Å². The Morgan fingerprint density at radius 1 is 1.35 bits per heavy atom. The number of amides is 3. The van der Waals surface area contributed by atoms with Crippen molar-refractivity contribution in [1.29, 1.82) is 0 Å². The van der Waals surface area contributed by atoms with E-state index in [0.29, 0.717) is 32.0 Å². The lowest BCUT2D eigenvalue weighted by molar-refractivity contribution is -0.135. The highest BCUT2D eigenvalue weighted by molar-refractivity contribution is 7.10. The van der Waals surface area contributed by atoms with Gasteiger partial charge in [-0.25, -0.2) is 9.18 Å². The number of benzene rings is 1. The summed E-state index contributed by atoms with van der Waals surface area (Å²) in [6.45, 7) is 3.65. The molecule has 2 aromatic rings. The summed E-state index contributed by atoms with van der Waals surface area (Å²) < 4.78 is 24.4. The van der Waals surface area contributed by atoms with Crippen molar-refractivity contribution in [3.63, 3.8) is 0 Å². The summed E-state index contributed by atoms with van der Waals surface area (Å²) in [4.78, 5) is 30.1. The third kappa shape index (κ3) is 5.95. The van der Waals surface area contributed by atoms with Crippen LogP contribution in [0.5, 0.6) is 5.75 Å². The van der Waals surface area contributed by atoms with Gasteiger partial charge in [0.15, 0.2) is 0 Å². The van der Waals surface area contributed by atoms with Crippen molar-refractivity contribution in [3.8, 4) is 5.75 Å². The first-order valence-corrected chi connectivity index (χ1v) is 11.2. The van der Waals surface area contributed by atoms with E-state index in [0.717, 1.165) is 12.0 Å². The highest BCUT2D eigenvalue weighted by Crippen LogP contribution is 2.34. The Hall–Kier alpha value is -2.65. The minimum absolute atomic E-state index is 0.0505. The number of nitrogens with one attached hydrogen (secondary N) is 1. The van der Waals surface area contributed by atoms with E-state index in [4.69, 9.17) is 9.47 Å². The van der Waals surface area contributed by atoms with Crippen LogP contribution in [0.1, 0.15) is 23.4 Å². The van der Waals surface area contributed by atoms with Gasteiger partial charge < -0.3 is 24.6 Å². The lowest BCUT2D eigenvalue weighted by Crippen LogP contribution is -2.50. The first kappa shape index (κ1) is 23.0. The molecular formula is C22H28FN3O4S. The molecule has 0 aliphatic carbocycles. The second-order valence-corrected chi connectivity index (χ2v) is 8.17. The number of hydrogen-bond donors (Lipinski definition) is 1. The maximum atomic E-state index is 13.5. The number of methoxy groups -OCH3 is 1. The van der Waals surface area contributed by atoms with E-state index in [1.165, 1.54) is 21.9 Å². The van der Waals surface area contributed by atoms with E-state index in [9.17, 15) is 14.0 Å². The Labute approximate surface area is 185 Å². The number of hydrogen-bond acceptors (Lipinski definition) is 5. The summed E-state index contributed by atoms with van der Waals surface area (Å²) in [5, 5.41) is 4.75. The molecule has 1 atom stereocenters. The Bertz CT molecular complexity index is 891. The number of carbonyl (C=O) groups is 2. The molecule has 168 valence electrons. The zero-order valence-electron chi connectivity index (χ0n) is 17.8. The van der Waals surface area contributed by atoms with Crippen LogP contribution in [0.4, 0.5) is 9.18 Å². The number of thiophene rings is 1. The van der Waals surface area contributed by atoms with E-state index in [1.54, 1.807) is 35.5 Å². The second-order valence-electron chi connectivity index (χ2n) is 7.17. The van der Waals surface area contributed by atoms with Crippen molar-refractivity contribution in [2.75, 3.05) is 46.5 Å². The minimum atomic E-state index is -0.374. The zero-order valence-corrected chi connectivity index (χ0v) is 18.6. The number of urea groups is 1. The molecule has 0 bridgehead atoms. The van der Waals surface area contributed by atoms with Crippen LogP contribution in [0.2, 0.25) is 0 Å². The first-order chi connectivity index (χ1) is 15.0. The number of rotatable bonds is 9. The molecule has 7 nitrogen and oxygen atoms in total. The van der Waals surface area contributed by atoms with Gasteiger partial charge in [0.25, 0.3) is 0 Å². The molecule has 31 heavy (non-hydrogen) atoms. The summed E-state index contributed by atoms with van der Waals surface area (Å²) in [5.74, 6) is -0.119. The zero-order chi connectivity index (χ0) is 22.2. The molecule has 1 unspecified atom stereocenters. The Morgan fingerprint density at radius 3 is 2.94 bits per heavy atom. The molecule has 0 radical (unpaired) electrons. The van der Waals surface area contributed by atoms with Gasteiger partial charge in [0, 0.05) is 37.7 Å². The molecule has 1 aromatic carbocycles. The van der Waals surface area contributed by atoms with Gasteiger partial charge in [-0.15, -0.1) is 11.3 Å². The summed E-state index contributed by atoms with van der Waals surface area (Å²) in [7, 11) is 1.56. The van der Waals surface area contributed by atoms with Gasteiger partial charge >= 0.3 is 6.03 Å². The molecule has 1 N–H and O–H groups in total. The van der Waals surface area contributed by atoms with E-state index in [-0.39, 0.29) is 36.9 Å². The fourth-order valence-electron chi connectivity index (χ4n) is 3.58. The molecule has 0 saturated carbocycles. The summed E-state index contributed by atoms with van der Waals surface area (Å²) >= 11 is 1.66. The number of nitrogens with zero attached hydrogens (tertiary/aromatic N) is 2. The molecule has 1 aliphatic heterocycles. The molecule has 3 amide bonds. The number of halogens is 1. The van der Waals surface area contributed by atoms with Crippen LogP contribution in [0.25, 0.3) is 0 Å². The van der Waals surface area contributed by atoms with Crippen LogP contribution in [0.15, 0.2) is 35.7 Å². The lowest BCUT2D eigenvalue weighted by Gasteiger charge is -2.37. The molecule has 0 spiro atoms. The Kier molecular flexibility index (Phi) is 8.25. The fraction of sp³-hybridized carbons (Fsp3) is 0.455. The molecule has 0 saturated heterocycles. The van der Waals surface area contributed by atoms with Gasteiger partial charge in [-0.2, -0.15) is 0 Å². The van der Waals surface area contributed by atoms with Crippen LogP contribution in [0, 0.1) is 5.82 Å². The predicted octanol–water partition coefficient (Wildman–Crippen LogP) is 3.07. The van der Waals surface area contributed by atoms with Gasteiger partial charge in [0.1, 0.15) is 24.7 Å². The summed E-state index contributed by atoms with van der Waals surface area (Å²) in [5.41, 5.74) is 1.04. The number of carbonyl (C=O) groups excluding carboxylic acids is 2. The number of ether oxygens (including phenoxy) is 2. The topological polar surface area (TPSA) is 71.1 Å². The average Bonchev–Trinajstić information content (AvgIpc) is 3.24. The highest BCUT2D eigenvalue weighted by Gasteiger charge is 2.33. The quantitative estimate of drug-likeness (QED) is 0.639. The van der Waals surface area contributed by atoms with Crippen LogP contribution < -0.4 is 10.1 Å². The second kappa shape index (κ2) is 11.1. The van der Waals surface area contributed by atoms with E-state index >= 15 is 0 Å². The SMILES string of the molecule is CCNC(=O)N(CCOC)CC(=O)N1CCc2sccc2C1COc1cccc(F)c1. The van der Waals surface area contributed by atoms with Crippen molar-refractivity contribution in [2.45, 2.75) is 19.4 Å². The maximum absolute atomic E-state index is 13.5. The Balaban J connectivity index is 1.75. The van der Waals surface area contributed by atoms with Gasteiger partial charge in [0.05, 0.1) is 12.6 Å². The van der Waals surface area contributed by atoms with Crippen molar-refractivity contribution in [2.24, 2.45) is 0 Å². The smallest absolute Gasteiger partial charge is 0.317 e. The van der Waals surface area contributed by atoms with E-state index in [2.05, 4.69) is 5.32 Å². The van der Waals surface area contributed by atoms with Crippen LogP contribution in [-0.4, -0.2) is 68.2 Å². The van der Waals surface area contributed by atoms with Crippen molar-refractivity contribution in [3.05, 3.63) is 52.0 Å². The normalized spacial score (nSPS) is 15.3. The average molecular weight is 450 g/mol. The van der Waals surface area contributed by atoms with Crippen LogP contribution >= 0.6 is 11.3 Å². The van der Waals surface area contributed by atoms with Gasteiger partial charge in [-0.05, 0) is 42.5 Å². The third-order valence-electron chi connectivity index (χ3n) is 5.13. The minimum Gasteiger partial charge on any atom is -0.491 e. The summed E-state index contributed by atoms with van der Waals surface area (Å²) in [6.07, 6.45) is 0.758. The van der Waals surface area contributed by atoms with E-state index in [1.807, 2.05) is 18.4 Å². The maximum Gasteiger partial charge on any atom is 0.317 e. The predicted molar refractivity (Wildman–Crippen MR) is 117 cm³/mol. The molecule has 2 heterocycles. The summed E-state index contributed by atoms with van der Waals surface area (Å²) in [6, 6.07) is 7.36. The molecule has 1 aliphatic rings. The monoisotopic (exact) mass is 449 g/mol. The molecule has 3 rings (SSSR count). The van der Waals surface area contributed by atoms with Crippen LogP contribution in [-0.2, 0) is 16.0 Å². The van der Waals surface area contributed by atoms with Crippen molar-refractivity contribution in [1.82, 2.24) is 15.1 Å². The fourth-order valence-corrected chi connectivity index (χ4v) is 4.51. The van der Waals surface area contributed by atoms with Crippen LogP contribution in [0.3, 0.4) is 0 Å². The lowest BCUT2D eigenvalue weighted by atomic mass is 10.0. The van der Waals surface area contributed by atoms with Crippen molar-refractivity contribution >= 4 is 23.3 Å². The van der Waals surface area contributed by atoms with E-state index < -0.39 is 0 Å². The third-order valence-corrected chi connectivity index (χ3v) is 6.12. The molecule has 1 aromatic heterocycles. The highest BCUT2D eigenvalue weighted by atomic mass is 32.1. The Morgan fingerprint density at radius 2 is 2.19 bits per heavy atom. The molecular weight excluding hydrogens is 421 g/mol. The van der Waals surface area contributed by atoms with Gasteiger partial charge in [0.2, 0.25) is 5.91 Å². The largest absolute Gasteiger partial charge is 0.491 e. The molecule has 9 heteroatoms. The van der Waals surface area contributed by atoms with Gasteiger partial charge in [-0.1, -0.05) is 6.07 Å². The standard InChI is InChI=1S/C22H28FN3O4S/c1-3-24-22(28)25(10-11-29-2)14-21(27)26-9-7-20-18(8-12-31-20)19(26)15-30-17-6-4-5-16(23)13-17/h4-6,8,12-13,19H,3,7,9-11,14-15H2,1-2H3,(H,24,28). The van der Waals surface area contributed by atoms with Crippen molar-refractivity contribution < 1.29 is 23.5 Å². The molecule has 0 fully saturated rings. The number of fused-ring (bicyclic) bond motifs is 1. The first-order valence-electron chi connectivity index (χ1n) is 10.3.